The Morgan fingerprint density at radius 1 is 1.12 bits per heavy atom. The van der Waals surface area contributed by atoms with E-state index in [1.54, 1.807) is 13.8 Å². The summed E-state index contributed by atoms with van der Waals surface area (Å²) < 4.78 is 0. The van der Waals surface area contributed by atoms with Gasteiger partial charge < -0.3 is 10.2 Å². The molecule has 0 aromatic heterocycles. The molecule has 0 radical (unpaired) electrons. The van der Waals surface area contributed by atoms with Crippen LogP contribution in [0.1, 0.15) is 31.9 Å². The Labute approximate surface area is 103 Å². The standard InChI is InChI=1S/C14H21NO2/c1-13(16)9-12(11-7-5-4-6-8-11)15(3)10-14(13,2)17/h4-8,12,16-17H,9-10H2,1-3H3/t12-,13-,14+/m1/s1. The summed E-state index contributed by atoms with van der Waals surface area (Å²) in [6.07, 6.45) is 0.542. The van der Waals surface area contributed by atoms with Gasteiger partial charge in [0.2, 0.25) is 0 Å². The fourth-order valence-corrected chi connectivity index (χ4v) is 2.57. The van der Waals surface area contributed by atoms with E-state index in [0.717, 1.165) is 0 Å². The molecule has 3 nitrogen and oxygen atoms in total. The topological polar surface area (TPSA) is 43.7 Å². The first-order valence-corrected chi connectivity index (χ1v) is 6.03. The monoisotopic (exact) mass is 235 g/mol. The highest BCUT2D eigenvalue weighted by Gasteiger charge is 2.49. The molecule has 1 saturated heterocycles. The lowest BCUT2D eigenvalue weighted by Gasteiger charge is -2.50. The molecular weight excluding hydrogens is 214 g/mol. The largest absolute Gasteiger partial charge is 0.387 e. The summed E-state index contributed by atoms with van der Waals surface area (Å²) in [5.74, 6) is 0. The molecule has 1 fully saturated rings. The van der Waals surface area contributed by atoms with E-state index in [4.69, 9.17) is 0 Å². The van der Waals surface area contributed by atoms with Crippen LogP contribution in [-0.4, -0.2) is 39.9 Å². The van der Waals surface area contributed by atoms with E-state index in [1.807, 2.05) is 25.2 Å². The minimum atomic E-state index is -1.06. The third-order valence-corrected chi connectivity index (χ3v) is 4.02. The number of piperidine rings is 1. The van der Waals surface area contributed by atoms with Crippen molar-refractivity contribution in [3.8, 4) is 0 Å². The molecule has 1 aliphatic rings. The first-order chi connectivity index (χ1) is 7.83. The van der Waals surface area contributed by atoms with Gasteiger partial charge in [0.1, 0.15) is 5.60 Å². The summed E-state index contributed by atoms with van der Waals surface area (Å²) in [7, 11) is 1.99. The lowest BCUT2D eigenvalue weighted by atomic mass is 9.75. The summed E-state index contributed by atoms with van der Waals surface area (Å²) in [5, 5.41) is 20.6. The first kappa shape index (κ1) is 12.6. The predicted octanol–water partition coefficient (Wildman–Crippen LogP) is 1.57. The highest BCUT2D eigenvalue weighted by Crippen LogP contribution is 2.40. The lowest BCUT2D eigenvalue weighted by molar-refractivity contribution is -0.181. The molecule has 0 aliphatic carbocycles. The van der Waals surface area contributed by atoms with E-state index in [0.29, 0.717) is 13.0 Å². The van der Waals surface area contributed by atoms with Crippen LogP contribution in [0.15, 0.2) is 30.3 Å². The van der Waals surface area contributed by atoms with Crippen molar-refractivity contribution in [1.29, 1.82) is 0 Å². The minimum absolute atomic E-state index is 0.159. The number of β-amino-alcohol motifs (C(OH)–C–C–N with tert-alkyl or cyclic N) is 1. The average molecular weight is 235 g/mol. The number of likely N-dealkylation sites (N-methyl/N-ethyl adjacent to an activating group) is 1. The molecule has 0 bridgehead atoms. The van der Waals surface area contributed by atoms with E-state index in [1.165, 1.54) is 5.56 Å². The van der Waals surface area contributed by atoms with Crippen molar-refractivity contribution in [2.45, 2.75) is 37.5 Å². The number of benzene rings is 1. The highest BCUT2D eigenvalue weighted by molar-refractivity contribution is 5.21. The molecule has 0 unspecified atom stereocenters. The van der Waals surface area contributed by atoms with Gasteiger partial charge in [0, 0.05) is 12.6 Å². The number of nitrogens with zero attached hydrogens (tertiary/aromatic N) is 1. The second-order valence-corrected chi connectivity index (χ2v) is 5.59. The van der Waals surface area contributed by atoms with E-state index in [2.05, 4.69) is 17.0 Å². The fourth-order valence-electron chi connectivity index (χ4n) is 2.57. The summed E-state index contributed by atoms with van der Waals surface area (Å²) >= 11 is 0. The van der Waals surface area contributed by atoms with Crippen LogP contribution in [0.5, 0.6) is 0 Å². The molecule has 2 N–H and O–H groups in total. The van der Waals surface area contributed by atoms with Crippen molar-refractivity contribution in [2.24, 2.45) is 0 Å². The summed E-state index contributed by atoms with van der Waals surface area (Å²) in [6.45, 7) is 3.89. The van der Waals surface area contributed by atoms with Gasteiger partial charge in [-0.25, -0.2) is 0 Å². The molecule has 17 heavy (non-hydrogen) atoms. The molecule has 3 atom stereocenters. The Bertz CT molecular complexity index is 386. The van der Waals surface area contributed by atoms with Gasteiger partial charge in [-0.1, -0.05) is 30.3 Å². The van der Waals surface area contributed by atoms with E-state index in [-0.39, 0.29) is 6.04 Å². The van der Waals surface area contributed by atoms with Crippen molar-refractivity contribution in [3.63, 3.8) is 0 Å². The molecule has 1 aromatic rings. The maximum Gasteiger partial charge on any atom is 0.103 e. The molecule has 1 heterocycles. The first-order valence-electron chi connectivity index (χ1n) is 6.03. The Morgan fingerprint density at radius 2 is 1.71 bits per heavy atom. The van der Waals surface area contributed by atoms with E-state index >= 15 is 0 Å². The summed E-state index contributed by atoms with van der Waals surface area (Å²) in [6, 6.07) is 10.3. The Balaban J connectivity index is 2.28. The third kappa shape index (κ3) is 2.23. The zero-order valence-corrected chi connectivity index (χ0v) is 10.7. The van der Waals surface area contributed by atoms with Gasteiger partial charge >= 0.3 is 0 Å². The molecule has 3 heteroatoms. The van der Waals surface area contributed by atoms with Gasteiger partial charge in [-0.05, 0) is 32.9 Å². The molecular formula is C14H21NO2. The second kappa shape index (κ2) is 4.09. The van der Waals surface area contributed by atoms with E-state index < -0.39 is 11.2 Å². The van der Waals surface area contributed by atoms with Gasteiger partial charge in [-0.15, -0.1) is 0 Å². The van der Waals surface area contributed by atoms with Crippen LogP contribution < -0.4 is 0 Å². The normalized spacial score (nSPS) is 39.2. The molecule has 94 valence electrons. The van der Waals surface area contributed by atoms with Crippen molar-refractivity contribution in [2.75, 3.05) is 13.6 Å². The average Bonchev–Trinajstić information content (AvgIpc) is 2.24. The minimum Gasteiger partial charge on any atom is -0.387 e. The number of likely N-dealkylation sites (tertiary alicyclic amines) is 1. The summed E-state index contributed by atoms with van der Waals surface area (Å²) in [4.78, 5) is 2.10. The smallest absolute Gasteiger partial charge is 0.103 e. The van der Waals surface area contributed by atoms with Gasteiger partial charge in [0.15, 0.2) is 0 Å². The fraction of sp³-hybridized carbons (Fsp3) is 0.571. The van der Waals surface area contributed by atoms with Crippen LogP contribution in [0.25, 0.3) is 0 Å². The van der Waals surface area contributed by atoms with Crippen LogP contribution in [-0.2, 0) is 0 Å². The number of hydrogen-bond acceptors (Lipinski definition) is 3. The lowest BCUT2D eigenvalue weighted by Crippen LogP contribution is -2.61. The van der Waals surface area contributed by atoms with Crippen LogP contribution in [0.3, 0.4) is 0 Å². The van der Waals surface area contributed by atoms with Crippen LogP contribution >= 0.6 is 0 Å². The van der Waals surface area contributed by atoms with Gasteiger partial charge in [-0.3, -0.25) is 4.90 Å². The Hall–Kier alpha value is -0.900. The highest BCUT2D eigenvalue weighted by atomic mass is 16.4. The van der Waals surface area contributed by atoms with Crippen LogP contribution in [0, 0.1) is 0 Å². The molecule has 0 spiro atoms. The van der Waals surface area contributed by atoms with E-state index in [9.17, 15) is 10.2 Å². The van der Waals surface area contributed by atoms with Crippen LogP contribution in [0.2, 0.25) is 0 Å². The SMILES string of the molecule is CN1C[C@](C)(O)[C@](C)(O)C[C@@H]1c1ccccc1. The van der Waals surface area contributed by atoms with Gasteiger partial charge in [-0.2, -0.15) is 0 Å². The van der Waals surface area contributed by atoms with Crippen molar-refractivity contribution >= 4 is 0 Å². The zero-order valence-electron chi connectivity index (χ0n) is 10.7. The number of hydrogen-bond donors (Lipinski definition) is 2. The molecule has 1 aliphatic heterocycles. The van der Waals surface area contributed by atoms with Crippen molar-refractivity contribution < 1.29 is 10.2 Å². The number of rotatable bonds is 1. The quantitative estimate of drug-likeness (QED) is 0.776. The maximum absolute atomic E-state index is 10.4. The van der Waals surface area contributed by atoms with Crippen molar-refractivity contribution in [1.82, 2.24) is 4.90 Å². The Kier molecular flexibility index (Phi) is 3.02. The van der Waals surface area contributed by atoms with Gasteiger partial charge in [0.05, 0.1) is 5.60 Å². The van der Waals surface area contributed by atoms with Crippen molar-refractivity contribution in [3.05, 3.63) is 35.9 Å². The summed E-state index contributed by atoms with van der Waals surface area (Å²) in [5.41, 5.74) is -0.932. The third-order valence-electron chi connectivity index (χ3n) is 4.02. The van der Waals surface area contributed by atoms with Gasteiger partial charge in [0.25, 0.3) is 0 Å². The predicted molar refractivity (Wildman–Crippen MR) is 67.7 cm³/mol. The molecule has 0 amide bonds. The van der Waals surface area contributed by atoms with Crippen LogP contribution in [0.4, 0.5) is 0 Å². The molecule has 0 saturated carbocycles. The zero-order chi connectivity index (χ0) is 12.7. The maximum atomic E-state index is 10.4. The molecule has 1 aromatic carbocycles. The Morgan fingerprint density at radius 3 is 2.29 bits per heavy atom. The number of aliphatic hydroxyl groups is 2. The second-order valence-electron chi connectivity index (χ2n) is 5.59. The molecule has 2 rings (SSSR count).